The Kier molecular flexibility index (Phi) is 6.98. The zero-order valence-corrected chi connectivity index (χ0v) is 15.3. The maximum atomic E-state index is 13.9. The minimum atomic E-state index is -0.371. The predicted octanol–water partition coefficient (Wildman–Crippen LogP) is 3.27. The first-order valence-corrected chi connectivity index (χ1v) is 8.41. The van der Waals surface area contributed by atoms with Crippen molar-refractivity contribution in [2.24, 2.45) is 4.99 Å². The molecule has 2 N–H and O–H groups in total. The van der Waals surface area contributed by atoms with Gasteiger partial charge in [0.25, 0.3) is 0 Å². The summed E-state index contributed by atoms with van der Waals surface area (Å²) < 4.78 is 19.3. The van der Waals surface area contributed by atoms with Gasteiger partial charge in [-0.25, -0.2) is 9.38 Å². The molecule has 2 aromatic carbocycles. The summed E-state index contributed by atoms with van der Waals surface area (Å²) in [5, 5.41) is 15.3. The Morgan fingerprint density at radius 1 is 1.19 bits per heavy atom. The molecule has 6 heteroatoms. The molecule has 2 aromatic rings. The van der Waals surface area contributed by atoms with Crippen LogP contribution in [0.15, 0.2) is 41.4 Å². The number of nitrogens with zero attached hydrogens (tertiary/aromatic N) is 2. The molecule has 5 nitrogen and oxygen atoms in total. The van der Waals surface area contributed by atoms with Crippen LogP contribution in [-0.4, -0.2) is 19.6 Å². The number of hydrogen-bond acceptors (Lipinski definition) is 3. The summed E-state index contributed by atoms with van der Waals surface area (Å²) >= 11 is 0. The van der Waals surface area contributed by atoms with Gasteiger partial charge in [0.1, 0.15) is 11.6 Å². The molecule has 0 spiro atoms. The molecular weight excluding hydrogens is 331 g/mol. The van der Waals surface area contributed by atoms with E-state index in [4.69, 9.17) is 10.00 Å². The number of aliphatic imine (C=N–C) groups is 1. The van der Waals surface area contributed by atoms with Crippen LogP contribution in [0.3, 0.4) is 0 Å². The zero-order chi connectivity index (χ0) is 18.9. The van der Waals surface area contributed by atoms with Gasteiger partial charge in [-0.2, -0.15) is 5.26 Å². The fraction of sp³-hybridized carbons (Fsp3) is 0.300. The number of rotatable bonds is 6. The lowest BCUT2D eigenvalue weighted by Crippen LogP contribution is -2.36. The van der Waals surface area contributed by atoms with Crippen LogP contribution < -0.4 is 15.4 Å². The van der Waals surface area contributed by atoms with Crippen LogP contribution in [0, 0.1) is 24.1 Å². The van der Waals surface area contributed by atoms with Crippen LogP contribution in [0.2, 0.25) is 0 Å². The third-order valence-electron chi connectivity index (χ3n) is 3.82. The van der Waals surface area contributed by atoms with E-state index in [2.05, 4.69) is 15.6 Å². The first kappa shape index (κ1) is 19.3. The fourth-order valence-corrected chi connectivity index (χ4v) is 2.45. The molecule has 0 saturated heterocycles. The van der Waals surface area contributed by atoms with Crippen molar-refractivity contribution in [2.75, 3.05) is 13.7 Å². The van der Waals surface area contributed by atoms with E-state index in [9.17, 15) is 4.39 Å². The summed E-state index contributed by atoms with van der Waals surface area (Å²) in [4.78, 5) is 4.41. The third-order valence-corrected chi connectivity index (χ3v) is 3.82. The Balaban J connectivity index is 2.11. The third kappa shape index (κ3) is 5.21. The number of halogens is 1. The number of ether oxygens (including phenoxy) is 1. The molecule has 0 aromatic heterocycles. The van der Waals surface area contributed by atoms with E-state index in [-0.39, 0.29) is 12.4 Å². The van der Waals surface area contributed by atoms with E-state index < -0.39 is 0 Å². The molecule has 0 amide bonds. The van der Waals surface area contributed by atoms with E-state index >= 15 is 0 Å². The molecular formula is C20H23FN4O. The first-order valence-electron chi connectivity index (χ1n) is 8.41. The Morgan fingerprint density at radius 3 is 2.69 bits per heavy atom. The molecule has 0 aliphatic rings. The van der Waals surface area contributed by atoms with Crippen molar-refractivity contribution in [1.82, 2.24) is 10.6 Å². The summed E-state index contributed by atoms with van der Waals surface area (Å²) in [5.41, 5.74) is 2.92. The molecule has 0 unspecified atom stereocenters. The molecule has 0 saturated carbocycles. The van der Waals surface area contributed by atoms with Crippen LogP contribution >= 0.6 is 0 Å². The molecule has 0 radical (unpaired) electrons. The van der Waals surface area contributed by atoms with E-state index in [0.29, 0.717) is 30.2 Å². The minimum Gasteiger partial charge on any atom is -0.496 e. The molecule has 2 rings (SSSR count). The van der Waals surface area contributed by atoms with Crippen molar-refractivity contribution in [3.05, 3.63) is 64.5 Å². The SMILES string of the molecule is CCNC(=NCc1cc(C#N)ccc1F)NCc1ccc(C)cc1OC. The van der Waals surface area contributed by atoms with Crippen molar-refractivity contribution in [1.29, 1.82) is 5.26 Å². The molecule has 0 aliphatic carbocycles. The maximum Gasteiger partial charge on any atom is 0.191 e. The van der Waals surface area contributed by atoms with Gasteiger partial charge in [0.15, 0.2) is 5.96 Å². The van der Waals surface area contributed by atoms with Crippen LogP contribution in [0.1, 0.15) is 29.2 Å². The Bertz CT molecular complexity index is 827. The van der Waals surface area contributed by atoms with Gasteiger partial charge in [0, 0.05) is 24.2 Å². The van der Waals surface area contributed by atoms with Gasteiger partial charge in [-0.3, -0.25) is 0 Å². The van der Waals surface area contributed by atoms with Gasteiger partial charge in [-0.15, -0.1) is 0 Å². The molecule has 0 atom stereocenters. The average molecular weight is 354 g/mol. The monoisotopic (exact) mass is 354 g/mol. The molecule has 0 aliphatic heterocycles. The van der Waals surface area contributed by atoms with Gasteiger partial charge >= 0.3 is 0 Å². The second-order valence-corrected chi connectivity index (χ2v) is 5.78. The predicted molar refractivity (Wildman–Crippen MR) is 101 cm³/mol. The molecule has 0 fully saturated rings. The van der Waals surface area contributed by atoms with Gasteiger partial charge in [-0.1, -0.05) is 12.1 Å². The molecule has 26 heavy (non-hydrogen) atoms. The highest BCUT2D eigenvalue weighted by Gasteiger charge is 2.06. The number of guanidine groups is 1. The minimum absolute atomic E-state index is 0.141. The summed E-state index contributed by atoms with van der Waals surface area (Å²) in [5.74, 6) is 1.00. The fourth-order valence-electron chi connectivity index (χ4n) is 2.45. The summed E-state index contributed by atoms with van der Waals surface area (Å²) in [6.07, 6.45) is 0. The molecule has 0 bridgehead atoms. The quantitative estimate of drug-likeness (QED) is 0.617. The number of benzene rings is 2. The normalized spacial score (nSPS) is 11.0. The second kappa shape index (κ2) is 9.42. The first-order chi connectivity index (χ1) is 12.6. The van der Waals surface area contributed by atoms with E-state index in [1.165, 1.54) is 18.2 Å². The highest BCUT2D eigenvalue weighted by molar-refractivity contribution is 5.79. The van der Waals surface area contributed by atoms with Crippen LogP contribution in [-0.2, 0) is 13.1 Å². The number of aryl methyl sites for hydroxylation is 1. The number of hydrogen-bond donors (Lipinski definition) is 2. The Labute approximate surface area is 153 Å². The zero-order valence-electron chi connectivity index (χ0n) is 15.3. The number of nitriles is 1. The molecule has 136 valence electrons. The van der Waals surface area contributed by atoms with Gasteiger partial charge in [0.2, 0.25) is 0 Å². The van der Waals surface area contributed by atoms with E-state index in [1.807, 2.05) is 38.1 Å². The highest BCUT2D eigenvalue weighted by atomic mass is 19.1. The lowest BCUT2D eigenvalue weighted by molar-refractivity contribution is 0.408. The van der Waals surface area contributed by atoms with E-state index in [0.717, 1.165) is 16.9 Å². The van der Waals surface area contributed by atoms with Gasteiger partial charge in [-0.05, 0) is 43.7 Å². The maximum absolute atomic E-state index is 13.9. The number of nitrogens with one attached hydrogen (secondary N) is 2. The van der Waals surface area contributed by atoms with Gasteiger partial charge < -0.3 is 15.4 Å². The van der Waals surface area contributed by atoms with Crippen molar-refractivity contribution < 1.29 is 9.13 Å². The largest absolute Gasteiger partial charge is 0.496 e. The second-order valence-electron chi connectivity index (χ2n) is 5.78. The molecule has 0 heterocycles. The van der Waals surface area contributed by atoms with E-state index in [1.54, 1.807) is 7.11 Å². The van der Waals surface area contributed by atoms with Crippen LogP contribution in [0.25, 0.3) is 0 Å². The Hall–Kier alpha value is -3.07. The summed E-state index contributed by atoms with van der Waals surface area (Å²) in [6.45, 7) is 5.31. The van der Waals surface area contributed by atoms with Crippen molar-refractivity contribution in [3.8, 4) is 11.8 Å². The Morgan fingerprint density at radius 2 is 2.00 bits per heavy atom. The standard InChI is InChI=1S/C20H23FN4O/c1-4-23-20(24-12-16-7-5-14(2)9-19(16)26-3)25-13-17-10-15(11-22)6-8-18(17)21/h5-10H,4,12-13H2,1-3H3,(H2,23,24,25). The smallest absolute Gasteiger partial charge is 0.191 e. The van der Waals surface area contributed by atoms with Crippen LogP contribution in [0.4, 0.5) is 4.39 Å². The lowest BCUT2D eigenvalue weighted by Gasteiger charge is -2.14. The van der Waals surface area contributed by atoms with Crippen molar-refractivity contribution >= 4 is 5.96 Å². The topological polar surface area (TPSA) is 69.4 Å². The highest BCUT2D eigenvalue weighted by Crippen LogP contribution is 2.19. The summed E-state index contributed by atoms with van der Waals surface area (Å²) in [6, 6.07) is 12.3. The lowest BCUT2D eigenvalue weighted by atomic mass is 10.1. The van der Waals surface area contributed by atoms with Crippen molar-refractivity contribution in [2.45, 2.75) is 26.9 Å². The van der Waals surface area contributed by atoms with Crippen LogP contribution in [0.5, 0.6) is 5.75 Å². The number of methoxy groups -OCH3 is 1. The summed E-state index contributed by atoms with van der Waals surface area (Å²) in [7, 11) is 1.64. The average Bonchev–Trinajstić information content (AvgIpc) is 2.65. The van der Waals surface area contributed by atoms with Gasteiger partial charge in [0.05, 0.1) is 25.3 Å². The van der Waals surface area contributed by atoms with Crippen molar-refractivity contribution in [3.63, 3.8) is 0 Å².